The average molecular weight is 547 g/mol. The zero-order valence-electron chi connectivity index (χ0n) is 24.5. The highest BCUT2D eigenvalue weighted by Crippen LogP contribution is 2.09. The van der Waals surface area contributed by atoms with Gasteiger partial charge in [-0.15, -0.1) is 0 Å². The maximum absolute atomic E-state index is 11.9. The normalized spacial score (nSPS) is 13.8. The molecule has 0 aliphatic rings. The summed E-state index contributed by atoms with van der Waals surface area (Å²) >= 11 is 0. The molecule has 2 N–H and O–H groups in total. The highest BCUT2D eigenvalue weighted by atomic mass is 16.6. The summed E-state index contributed by atoms with van der Waals surface area (Å²) in [4.78, 5) is 23.6. The number of aliphatic hydroxyl groups excluding tert-OH is 2. The van der Waals surface area contributed by atoms with E-state index >= 15 is 0 Å². The monoisotopic (exact) mass is 546 g/mol. The lowest BCUT2D eigenvalue weighted by Gasteiger charge is -2.12. The van der Waals surface area contributed by atoms with Crippen LogP contribution in [0.2, 0.25) is 0 Å². The predicted molar refractivity (Wildman–Crippen MR) is 160 cm³/mol. The summed E-state index contributed by atoms with van der Waals surface area (Å²) in [5.74, 6) is -0.778. The van der Waals surface area contributed by atoms with Crippen LogP contribution in [0.15, 0.2) is 60.8 Å². The number of esters is 2. The van der Waals surface area contributed by atoms with Gasteiger partial charge in [-0.1, -0.05) is 113 Å². The van der Waals surface area contributed by atoms with Gasteiger partial charge in [-0.2, -0.15) is 0 Å². The molecule has 0 saturated carbocycles. The first-order valence-electron chi connectivity index (χ1n) is 14.9. The zero-order valence-corrected chi connectivity index (χ0v) is 24.5. The SMILES string of the molecule is CC/C=C\C/C=C\C/C=C\C/C=C\C=C\C(O)CCCC(=O)OC[C@H](O)COC(=O)CCCCCCCCC. The lowest BCUT2D eigenvalue weighted by atomic mass is 10.1. The second-order valence-corrected chi connectivity index (χ2v) is 9.69. The summed E-state index contributed by atoms with van der Waals surface area (Å²) in [7, 11) is 0. The van der Waals surface area contributed by atoms with Gasteiger partial charge in [0.25, 0.3) is 0 Å². The van der Waals surface area contributed by atoms with Gasteiger partial charge in [0.2, 0.25) is 0 Å². The second kappa shape index (κ2) is 28.6. The van der Waals surface area contributed by atoms with Crippen LogP contribution >= 0.6 is 0 Å². The molecule has 0 amide bonds. The standard InChI is InChI=1S/C33H54O6/c1-3-5-7-9-11-12-13-14-15-16-18-19-21-24-30(34)25-23-27-33(37)39-29-31(35)28-38-32(36)26-22-20-17-10-8-6-4-2/h5,7,11-12,14-15,18-19,21,24,30-31,34-35H,3-4,6,8-10,13,16-17,20,22-23,25-29H2,1-2H3/b7-5-,12-11-,15-14-,19-18-,24-21+/t30?,31-/m1/s1. The number of hydrogen-bond donors (Lipinski definition) is 2. The number of allylic oxidation sites excluding steroid dienone is 9. The van der Waals surface area contributed by atoms with Crippen LogP contribution in [-0.2, 0) is 19.1 Å². The quantitative estimate of drug-likeness (QED) is 0.0534. The van der Waals surface area contributed by atoms with Crippen molar-refractivity contribution in [1.82, 2.24) is 0 Å². The van der Waals surface area contributed by atoms with Crippen LogP contribution in [0.5, 0.6) is 0 Å². The number of ether oxygens (including phenoxy) is 2. The van der Waals surface area contributed by atoms with Crippen molar-refractivity contribution >= 4 is 11.9 Å². The minimum absolute atomic E-state index is 0.152. The first-order valence-corrected chi connectivity index (χ1v) is 14.9. The van der Waals surface area contributed by atoms with Crippen LogP contribution in [-0.4, -0.2) is 47.6 Å². The summed E-state index contributed by atoms with van der Waals surface area (Å²) in [6.45, 7) is 3.93. The molecule has 0 bridgehead atoms. The van der Waals surface area contributed by atoms with Crippen molar-refractivity contribution in [2.24, 2.45) is 0 Å². The Bertz CT molecular complexity index is 734. The van der Waals surface area contributed by atoms with Crippen LogP contribution in [0.1, 0.15) is 110 Å². The second-order valence-electron chi connectivity index (χ2n) is 9.69. The summed E-state index contributed by atoms with van der Waals surface area (Å²) in [5.41, 5.74) is 0. The van der Waals surface area contributed by atoms with Crippen molar-refractivity contribution < 1.29 is 29.3 Å². The molecule has 222 valence electrons. The molecule has 6 heteroatoms. The molecule has 0 radical (unpaired) electrons. The van der Waals surface area contributed by atoms with Crippen molar-refractivity contribution in [2.75, 3.05) is 13.2 Å². The van der Waals surface area contributed by atoms with Crippen molar-refractivity contribution in [3.8, 4) is 0 Å². The predicted octanol–water partition coefficient (Wildman–Crippen LogP) is 7.47. The highest BCUT2D eigenvalue weighted by molar-refractivity contribution is 5.69. The molecule has 0 saturated heterocycles. The number of rotatable bonds is 25. The first-order chi connectivity index (χ1) is 19.0. The number of carbonyl (C=O) groups excluding carboxylic acids is 2. The largest absolute Gasteiger partial charge is 0.463 e. The molecule has 0 rings (SSSR count). The fourth-order valence-electron chi connectivity index (χ4n) is 3.58. The van der Waals surface area contributed by atoms with Crippen LogP contribution in [0.4, 0.5) is 0 Å². The molecule has 6 nitrogen and oxygen atoms in total. The summed E-state index contributed by atoms with van der Waals surface area (Å²) in [6.07, 6.45) is 31.7. The third-order valence-electron chi connectivity index (χ3n) is 5.87. The number of hydrogen-bond acceptors (Lipinski definition) is 6. The van der Waals surface area contributed by atoms with E-state index in [2.05, 4.69) is 50.3 Å². The molecule has 0 aromatic heterocycles. The number of carbonyl (C=O) groups is 2. The molecular weight excluding hydrogens is 492 g/mol. The van der Waals surface area contributed by atoms with Gasteiger partial charge in [-0.25, -0.2) is 0 Å². The van der Waals surface area contributed by atoms with Crippen molar-refractivity contribution in [1.29, 1.82) is 0 Å². The van der Waals surface area contributed by atoms with Crippen LogP contribution in [0.3, 0.4) is 0 Å². The van der Waals surface area contributed by atoms with Gasteiger partial charge in [0.1, 0.15) is 19.3 Å². The van der Waals surface area contributed by atoms with E-state index in [-0.39, 0.29) is 25.6 Å². The topological polar surface area (TPSA) is 93.1 Å². The van der Waals surface area contributed by atoms with E-state index in [9.17, 15) is 19.8 Å². The van der Waals surface area contributed by atoms with Gasteiger partial charge in [0, 0.05) is 12.8 Å². The summed E-state index contributed by atoms with van der Waals surface area (Å²) < 4.78 is 10.1. The fourth-order valence-corrected chi connectivity index (χ4v) is 3.58. The average Bonchev–Trinajstić information content (AvgIpc) is 2.92. The zero-order chi connectivity index (χ0) is 28.8. The van der Waals surface area contributed by atoms with Crippen molar-refractivity contribution in [3.05, 3.63) is 60.8 Å². The Labute approximate surface area is 237 Å². The Morgan fingerprint density at radius 2 is 1.15 bits per heavy atom. The molecule has 0 aromatic carbocycles. The van der Waals surface area contributed by atoms with E-state index in [0.717, 1.165) is 44.9 Å². The Hall–Kier alpha value is -2.44. The van der Waals surface area contributed by atoms with Gasteiger partial charge in [0.05, 0.1) is 6.10 Å². The van der Waals surface area contributed by atoms with E-state index in [1.165, 1.54) is 25.7 Å². The molecular formula is C33H54O6. The van der Waals surface area contributed by atoms with E-state index in [1.807, 2.05) is 18.2 Å². The number of aliphatic hydroxyl groups is 2. The highest BCUT2D eigenvalue weighted by Gasteiger charge is 2.12. The Balaban J connectivity index is 3.76. The molecule has 1 unspecified atom stereocenters. The van der Waals surface area contributed by atoms with Crippen LogP contribution in [0.25, 0.3) is 0 Å². The minimum atomic E-state index is -1.04. The molecule has 2 atom stereocenters. The lowest BCUT2D eigenvalue weighted by molar-refractivity contribution is -0.152. The van der Waals surface area contributed by atoms with Gasteiger partial charge < -0.3 is 19.7 Å². The molecule has 0 spiro atoms. The van der Waals surface area contributed by atoms with E-state index in [4.69, 9.17) is 9.47 Å². The van der Waals surface area contributed by atoms with Gasteiger partial charge in [-0.3, -0.25) is 9.59 Å². The lowest BCUT2D eigenvalue weighted by Crippen LogP contribution is -2.25. The van der Waals surface area contributed by atoms with E-state index in [1.54, 1.807) is 6.08 Å². The first kappa shape index (κ1) is 36.6. The van der Waals surface area contributed by atoms with Crippen LogP contribution < -0.4 is 0 Å². The Morgan fingerprint density at radius 3 is 1.74 bits per heavy atom. The van der Waals surface area contributed by atoms with E-state index < -0.39 is 18.2 Å². The maximum Gasteiger partial charge on any atom is 0.305 e. The molecule has 0 aromatic rings. The molecule has 0 aliphatic heterocycles. The van der Waals surface area contributed by atoms with E-state index in [0.29, 0.717) is 19.3 Å². The van der Waals surface area contributed by atoms with Crippen molar-refractivity contribution in [2.45, 2.75) is 122 Å². The summed E-state index contributed by atoms with van der Waals surface area (Å²) in [5, 5.41) is 19.9. The van der Waals surface area contributed by atoms with Gasteiger partial charge >= 0.3 is 11.9 Å². The minimum Gasteiger partial charge on any atom is -0.463 e. The molecule has 39 heavy (non-hydrogen) atoms. The Kier molecular flexibility index (Phi) is 26.8. The van der Waals surface area contributed by atoms with Gasteiger partial charge in [0.15, 0.2) is 0 Å². The third kappa shape index (κ3) is 28.4. The smallest absolute Gasteiger partial charge is 0.305 e. The number of unbranched alkanes of at least 4 members (excludes halogenated alkanes) is 6. The summed E-state index contributed by atoms with van der Waals surface area (Å²) in [6, 6.07) is 0. The van der Waals surface area contributed by atoms with Gasteiger partial charge in [-0.05, 0) is 44.9 Å². The third-order valence-corrected chi connectivity index (χ3v) is 5.87. The van der Waals surface area contributed by atoms with Crippen LogP contribution in [0, 0.1) is 0 Å². The molecule has 0 aliphatic carbocycles. The fraction of sp³-hybridized carbons (Fsp3) is 0.636. The van der Waals surface area contributed by atoms with Crippen molar-refractivity contribution in [3.63, 3.8) is 0 Å². The molecule has 0 fully saturated rings. The Morgan fingerprint density at radius 1 is 0.641 bits per heavy atom. The molecule has 0 heterocycles. The maximum atomic E-state index is 11.9.